The van der Waals surface area contributed by atoms with E-state index in [1.165, 1.54) is 5.56 Å². The predicted molar refractivity (Wildman–Crippen MR) is 89.9 cm³/mol. The molecule has 4 nitrogen and oxygen atoms in total. The second kappa shape index (κ2) is 9.46. The molecule has 1 heterocycles. The number of hydrogen-bond acceptors (Lipinski definition) is 4. The van der Waals surface area contributed by atoms with Gasteiger partial charge in [-0.15, -0.1) is 0 Å². The molecular weight excluding hydrogens is 290 g/mol. The van der Waals surface area contributed by atoms with Gasteiger partial charge in [-0.25, -0.2) is 0 Å². The second-order valence-corrected chi connectivity index (χ2v) is 6.26. The number of esters is 1. The van der Waals surface area contributed by atoms with E-state index in [1.54, 1.807) is 6.92 Å². The van der Waals surface area contributed by atoms with E-state index in [2.05, 4.69) is 29.2 Å². The lowest BCUT2D eigenvalue weighted by Gasteiger charge is -2.31. The molecule has 1 aliphatic heterocycles. The number of carbonyl (C=O) groups is 2. The standard InChI is InChI=1S/C19H27NO3/c1-2-23-19(22)14-18(21)9-8-16-10-12-20(13-11-16)15-17-6-4-3-5-7-17/h3-7,16H,2,8-15H2,1H3. The Morgan fingerprint density at radius 1 is 1.17 bits per heavy atom. The number of piperidine rings is 1. The number of likely N-dealkylation sites (tertiary alicyclic amines) is 1. The van der Waals surface area contributed by atoms with Gasteiger partial charge in [-0.1, -0.05) is 30.3 Å². The summed E-state index contributed by atoms with van der Waals surface area (Å²) in [6, 6.07) is 10.5. The van der Waals surface area contributed by atoms with Gasteiger partial charge in [0.15, 0.2) is 0 Å². The topological polar surface area (TPSA) is 46.6 Å². The van der Waals surface area contributed by atoms with Crippen molar-refractivity contribution in [3.63, 3.8) is 0 Å². The van der Waals surface area contributed by atoms with Crippen molar-refractivity contribution in [2.24, 2.45) is 5.92 Å². The highest BCUT2D eigenvalue weighted by molar-refractivity contribution is 5.95. The Balaban J connectivity index is 1.63. The van der Waals surface area contributed by atoms with Crippen LogP contribution in [0.3, 0.4) is 0 Å². The summed E-state index contributed by atoms with van der Waals surface area (Å²) in [6.07, 6.45) is 3.61. The highest BCUT2D eigenvalue weighted by Gasteiger charge is 2.20. The smallest absolute Gasteiger partial charge is 0.313 e. The average Bonchev–Trinajstić information content (AvgIpc) is 2.55. The molecule has 1 aromatic rings. The quantitative estimate of drug-likeness (QED) is 0.546. The van der Waals surface area contributed by atoms with E-state index in [-0.39, 0.29) is 12.2 Å². The van der Waals surface area contributed by atoms with Crippen LogP contribution in [0, 0.1) is 5.92 Å². The van der Waals surface area contributed by atoms with Crippen molar-refractivity contribution >= 4 is 11.8 Å². The van der Waals surface area contributed by atoms with Crippen molar-refractivity contribution in [2.75, 3.05) is 19.7 Å². The molecule has 0 radical (unpaired) electrons. The van der Waals surface area contributed by atoms with Crippen LogP contribution in [-0.2, 0) is 20.9 Å². The normalized spacial score (nSPS) is 16.2. The number of ether oxygens (including phenoxy) is 1. The van der Waals surface area contributed by atoms with Crippen LogP contribution in [0.1, 0.15) is 44.6 Å². The molecule has 0 amide bonds. The zero-order valence-corrected chi connectivity index (χ0v) is 14.0. The first-order valence-electron chi connectivity index (χ1n) is 8.61. The minimum Gasteiger partial charge on any atom is -0.466 e. The van der Waals surface area contributed by atoms with E-state index in [4.69, 9.17) is 4.74 Å². The van der Waals surface area contributed by atoms with Crippen LogP contribution >= 0.6 is 0 Å². The van der Waals surface area contributed by atoms with Crippen molar-refractivity contribution < 1.29 is 14.3 Å². The summed E-state index contributed by atoms with van der Waals surface area (Å²) in [6.45, 7) is 5.28. The van der Waals surface area contributed by atoms with Gasteiger partial charge in [0.25, 0.3) is 0 Å². The summed E-state index contributed by atoms with van der Waals surface area (Å²) in [5.41, 5.74) is 1.36. The van der Waals surface area contributed by atoms with Gasteiger partial charge in [-0.05, 0) is 50.8 Å². The number of carbonyl (C=O) groups excluding carboxylic acids is 2. The molecule has 0 aliphatic carbocycles. The first kappa shape index (κ1) is 17.7. The Morgan fingerprint density at radius 3 is 2.52 bits per heavy atom. The van der Waals surface area contributed by atoms with E-state index in [0.717, 1.165) is 38.9 Å². The highest BCUT2D eigenvalue weighted by atomic mass is 16.5. The lowest BCUT2D eigenvalue weighted by atomic mass is 9.91. The van der Waals surface area contributed by atoms with Gasteiger partial charge in [0.05, 0.1) is 6.61 Å². The summed E-state index contributed by atoms with van der Waals surface area (Å²) >= 11 is 0. The van der Waals surface area contributed by atoms with Crippen molar-refractivity contribution in [3.05, 3.63) is 35.9 Å². The van der Waals surface area contributed by atoms with E-state index < -0.39 is 5.97 Å². The first-order valence-corrected chi connectivity index (χ1v) is 8.61. The molecule has 0 aromatic heterocycles. The molecule has 1 saturated heterocycles. The lowest BCUT2D eigenvalue weighted by Crippen LogP contribution is -2.33. The van der Waals surface area contributed by atoms with Gasteiger partial charge >= 0.3 is 5.97 Å². The first-order chi connectivity index (χ1) is 11.2. The van der Waals surface area contributed by atoms with Gasteiger partial charge in [-0.3, -0.25) is 14.5 Å². The van der Waals surface area contributed by atoms with Crippen molar-refractivity contribution in [3.8, 4) is 0 Å². The van der Waals surface area contributed by atoms with Crippen molar-refractivity contribution in [2.45, 2.75) is 45.6 Å². The Kier molecular flexibility index (Phi) is 7.27. The monoisotopic (exact) mass is 317 g/mol. The number of hydrogen-bond donors (Lipinski definition) is 0. The number of rotatable bonds is 8. The number of ketones is 1. The molecule has 1 aromatic carbocycles. The highest BCUT2D eigenvalue weighted by Crippen LogP contribution is 2.23. The zero-order valence-electron chi connectivity index (χ0n) is 14.0. The third-order valence-electron chi connectivity index (χ3n) is 4.43. The number of nitrogens with zero attached hydrogens (tertiary/aromatic N) is 1. The van der Waals surface area contributed by atoms with Gasteiger partial charge in [-0.2, -0.15) is 0 Å². The molecular formula is C19H27NO3. The van der Waals surface area contributed by atoms with E-state index in [9.17, 15) is 9.59 Å². The number of benzene rings is 1. The molecule has 23 heavy (non-hydrogen) atoms. The molecule has 1 fully saturated rings. The average molecular weight is 317 g/mol. The molecule has 126 valence electrons. The van der Waals surface area contributed by atoms with Gasteiger partial charge in [0.2, 0.25) is 0 Å². The number of Topliss-reactive ketones (excluding diaryl/α,β-unsaturated/α-hetero) is 1. The fourth-order valence-electron chi connectivity index (χ4n) is 3.10. The molecule has 4 heteroatoms. The van der Waals surface area contributed by atoms with Crippen LogP contribution in [-0.4, -0.2) is 36.3 Å². The predicted octanol–water partition coefficient (Wildman–Crippen LogP) is 3.20. The summed E-state index contributed by atoms with van der Waals surface area (Å²) in [4.78, 5) is 25.5. The largest absolute Gasteiger partial charge is 0.466 e. The van der Waals surface area contributed by atoms with Crippen LogP contribution in [0.15, 0.2) is 30.3 Å². The van der Waals surface area contributed by atoms with E-state index in [0.29, 0.717) is 18.9 Å². The van der Waals surface area contributed by atoms with Gasteiger partial charge < -0.3 is 4.74 Å². The molecule has 0 N–H and O–H groups in total. The summed E-state index contributed by atoms with van der Waals surface area (Å²) in [7, 11) is 0. The van der Waals surface area contributed by atoms with Crippen LogP contribution in [0.2, 0.25) is 0 Å². The molecule has 0 bridgehead atoms. The minimum atomic E-state index is -0.393. The lowest BCUT2D eigenvalue weighted by molar-refractivity contribution is -0.145. The fraction of sp³-hybridized carbons (Fsp3) is 0.579. The molecule has 0 spiro atoms. The van der Waals surface area contributed by atoms with Gasteiger partial charge in [0.1, 0.15) is 12.2 Å². The van der Waals surface area contributed by atoms with Crippen LogP contribution in [0.25, 0.3) is 0 Å². The van der Waals surface area contributed by atoms with Gasteiger partial charge in [0, 0.05) is 13.0 Å². The van der Waals surface area contributed by atoms with Crippen molar-refractivity contribution in [1.29, 1.82) is 0 Å². The SMILES string of the molecule is CCOC(=O)CC(=O)CCC1CCN(Cc2ccccc2)CC1. The molecule has 2 rings (SSSR count). The third-order valence-corrected chi connectivity index (χ3v) is 4.43. The maximum atomic E-state index is 11.8. The Bertz CT molecular complexity index is 493. The van der Waals surface area contributed by atoms with Crippen LogP contribution in [0.4, 0.5) is 0 Å². The Morgan fingerprint density at radius 2 is 1.87 bits per heavy atom. The molecule has 0 saturated carbocycles. The maximum absolute atomic E-state index is 11.8. The van der Waals surface area contributed by atoms with Crippen molar-refractivity contribution in [1.82, 2.24) is 4.90 Å². The van der Waals surface area contributed by atoms with E-state index >= 15 is 0 Å². The Hall–Kier alpha value is -1.68. The molecule has 0 unspecified atom stereocenters. The fourth-order valence-corrected chi connectivity index (χ4v) is 3.10. The van der Waals surface area contributed by atoms with Crippen LogP contribution < -0.4 is 0 Å². The molecule has 1 aliphatic rings. The minimum absolute atomic E-state index is 0.00941. The van der Waals surface area contributed by atoms with Crippen LogP contribution in [0.5, 0.6) is 0 Å². The summed E-state index contributed by atoms with van der Waals surface area (Å²) in [5.74, 6) is 0.221. The summed E-state index contributed by atoms with van der Waals surface area (Å²) in [5, 5.41) is 0. The van der Waals surface area contributed by atoms with E-state index in [1.807, 2.05) is 6.07 Å². The Labute approximate surface area is 138 Å². The molecule has 0 atom stereocenters. The third kappa shape index (κ3) is 6.53. The summed E-state index contributed by atoms with van der Waals surface area (Å²) < 4.78 is 4.81. The maximum Gasteiger partial charge on any atom is 0.313 e. The second-order valence-electron chi connectivity index (χ2n) is 6.26. The zero-order chi connectivity index (χ0) is 16.5.